The van der Waals surface area contributed by atoms with Gasteiger partial charge < -0.3 is 10.8 Å². The highest BCUT2D eigenvalue weighted by Gasteiger charge is 1.97. The molecule has 0 aromatic heterocycles. The SMILES string of the molecule is CC/C=C(\CO)CC(C)N. The van der Waals surface area contributed by atoms with Crippen LogP contribution in [0.1, 0.15) is 26.7 Å². The molecule has 0 amide bonds. The van der Waals surface area contributed by atoms with E-state index < -0.39 is 0 Å². The molecule has 2 heteroatoms. The first kappa shape index (κ1) is 9.66. The average molecular weight is 143 g/mol. The predicted octanol–water partition coefficient (Wildman–Crippen LogP) is 1.05. The van der Waals surface area contributed by atoms with Gasteiger partial charge in [-0.05, 0) is 25.3 Å². The van der Waals surface area contributed by atoms with Gasteiger partial charge in [0.1, 0.15) is 0 Å². The number of hydrogen-bond donors (Lipinski definition) is 2. The Hall–Kier alpha value is -0.340. The monoisotopic (exact) mass is 143 g/mol. The number of nitrogens with two attached hydrogens (primary N) is 1. The van der Waals surface area contributed by atoms with Gasteiger partial charge in [0.25, 0.3) is 0 Å². The number of aliphatic hydroxyl groups excluding tert-OH is 1. The molecule has 10 heavy (non-hydrogen) atoms. The summed E-state index contributed by atoms with van der Waals surface area (Å²) in [5.74, 6) is 0. The van der Waals surface area contributed by atoms with E-state index >= 15 is 0 Å². The standard InChI is InChI=1S/C8H17NO/c1-3-4-8(6-10)5-7(2)9/h4,7,10H,3,5-6,9H2,1-2H3/b8-4-. The minimum Gasteiger partial charge on any atom is -0.392 e. The minimum atomic E-state index is 0.148. The summed E-state index contributed by atoms with van der Waals surface area (Å²) < 4.78 is 0. The molecule has 0 aromatic carbocycles. The van der Waals surface area contributed by atoms with Crippen LogP contribution in [0.15, 0.2) is 11.6 Å². The zero-order chi connectivity index (χ0) is 7.98. The number of aliphatic hydroxyl groups is 1. The second kappa shape index (κ2) is 5.45. The third-order valence-electron chi connectivity index (χ3n) is 1.28. The summed E-state index contributed by atoms with van der Waals surface area (Å²) >= 11 is 0. The molecule has 0 aliphatic heterocycles. The summed E-state index contributed by atoms with van der Waals surface area (Å²) in [7, 11) is 0. The van der Waals surface area contributed by atoms with Crippen molar-refractivity contribution in [2.45, 2.75) is 32.7 Å². The van der Waals surface area contributed by atoms with Crippen LogP contribution in [0.2, 0.25) is 0 Å². The lowest BCUT2D eigenvalue weighted by Gasteiger charge is -2.06. The summed E-state index contributed by atoms with van der Waals surface area (Å²) in [6.07, 6.45) is 3.82. The molecule has 2 nitrogen and oxygen atoms in total. The van der Waals surface area contributed by atoms with Crippen LogP contribution in [0.25, 0.3) is 0 Å². The third kappa shape index (κ3) is 4.53. The molecule has 3 N–H and O–H groups in total. The van der Waals surface area contributed by atoms with Crippen LogP contribution in [-0.2, 0) is 0 Å². The van der Waals surface area contributed by atoms with Crippen molar-refractivity contribution in [1.29, 1.82) is 0 Å². The van der Waals surface area contributed by atoms with Crippen LogP contribution in [0.3, 0.4) is 0 Å². The number of allylic oxidation sites excluding steroid dienone is 1. The lowest BCUT2D eigenvalue weighted by Crippen LogP contribution is -2.16. The van der Waals surface area contributed by atoms with Gasteiger partial charge in [-0.15, -0.1) is 0 Å². The Morgan fingerprint density at radius 3 is 2.60 bits per heavy atom. The normalized spacial score (nSPS) is 15.4. The fraction of sp³-hybridized carbons (Fsp3) is 0.750. The van der Waals surface area contributed by atoms with Gasteiger partial charge in [0.2, 0.25) is 0 Å². The Labute approximate surface area is 62.7 Å². The van der Waals surface area contributed by atoms with Crippen molar-refractivity contribution in [3.63, 3.8) is 0 Å². The van der Waals surface area contributed by atoms with Crippen molar-refractivity contribution in [3.05, 3.63) is 11.6 Å². The molecule has 0 saturated heterocycles. The maximum Gasteiger partial charge on any atom is 0.0642 e. The van der Waals surface area contributed by atoms with Crippen molar-refractivity contribution in [2.75, 3.05) is 6.61 Å². The van der Waals surface area contributed by atoms with Gasteiger partial charge in [0, 0.05) is 6.04 Å². The molecule has 0 aliphatic rings. The van der Waals surface area contributed by atoms with Crippen molar-refractivity contribution in [1.82, 2.24) is 0 Å². The van der Waals surface area contributed by atoms with Crippen LogP contribution in [0, 0.1) is 0 Å². The van der Waals surface area contributed by atoms with Gasteiger partial charge >= 0.3 is 0 Å². The molecule has 0 spiro atoms. The highest BCUT2D eigenvalue weighted by atomic mass is 16.3. The lowest BCUT2D eigenvalue weighted by atomic mass is 10.1. The summed E-state index contributed by atoms with van der Waals surface area (Å²) in [6, 6.07) is 0.157. The molecule has 0 saturated carbocycles. The van der Waals surface area contributed by atoms with E-state index in [0.717, 1.165) is 18.4 Å². The highest BCUT2D eigenvalue weighted by molar-refractivity contribution is 5.03. The predicted molar refractivity (Wildman–Crippen MR) is 43.7 cm³/mol. The van der Waals surface area contributed by atoms with E-state index in [2.05, 4.69) is 6.92 Å². The number of rotatable bonds is 4. The first-order valence-corrected chi connectivity index (χ1v) is 3.75. The van der Waals surface area contributed by atoms with Gasteiger partial charge in [0.05, 0.1) is 6.61 Å². The fourth-order valence-corrected chi connectivity index (χ4v) is 0.915. The molecular formula is C8H17NO. The molecule has 0 heterocycles. The van der Waals surface area contributed by atoms with Gasteiger partial charge in [0.15, 0.2) is 0 Å². The Bertz CT molecular complexity index is 108. The molecule has 0 fully saturated rings. The Kier molecular flexibility index (Phi) is 5.26. The van der Waals surface area contributed by atoms with Crippen molar-refractivity contribution in [3.8, 4) is 0 Å². The van der Waals surface area contributed by atoms with Gasteiger partial charge in [-0.2, -0.15) is 0 Å². The number of hydrogen-bond acceptors (Lipinski definition) is 2. The highest BCUT2D eigenvalue weighted by Crippen LogP contribution is 2.03. The van der Waals surface area contributed by atoms with Crippen LogP contribution in [0.4, 0.5) is 0 Å². The Morgan fingerprint density at radius 2 is 2.30 bits per heavy atom. The van der Waals surface area contributed by atoms with Crippen LogP contribution in [-0.4, -0.2) is 17.8 Å². The first-order chi connectivity index (χ1) is 4.70. The molecule has 60 valence electrons. The van der Waals surface area contributed by atoms with Gasteiger partial charge in [-0.25, -0.2) is 0 Å². The second-order valence-electron chi connectivity index (χ2n) is 2.61. The van der Waals surface area contributed by atoms with E-state index in [1.54, 1.807) is 0 Å². The maximum absolute atomic E-state index is 8.78. The smallest absolute Gasteiger partial charge is 0.0642 e. The summed E-state index contributed by atoms with van der Waals surface area (Å²) in [6.45, 7) is 4.14. The molecule has 0 aromatic rings. The van der Waals surface area contributed by atoms with Crippen molar-refractivity contribution in [2.24, 2.45) is 5.73 Å². The molecule has 0 aliphatic carbocycles. The molecular weight excluding hydrogens is 126 g/mol. The van der Waals surface area contributed by atoms with E-state index in [1.165, 1.54) is 0 Å². The lowest BCUT2D eigenvalue weighted by molar-refractivity contribution is 0.324. The van der Waals surface area contributed by atoms with Gasteiger partial charge in [-0.1, -0.05) is 13.0 Å². The third-order valence-corrected chi connectivity index (χ3v) is 1.28. The Balaban J connectivity index is 3.71. The Morgan fingerprint density at radius 1 is 1.70 bits per heavy atom. The molecule has 0 radical (unpaired) electrons. The molecule has 0 bridgehead atoms. The first-order valence-electron chi connectivity index (χ1n) is 3.75. The zero-order valence-electron chi connectivity index (χ0n) is 6.80. The van der Waals surface area contributed by atoms with Crippen molar-refractivity contribution < 1.29 is 5.11 Å². The van der Waals surface area contributed by atoms with E-state index in [-0.39, 0.29) is 12.6 Å². The zero-order valence-corrected chi connectivity index (χ0v) is 6.80. The van der Waals surface area contributed by atoms with Crippen LogP contribution < -0.4 is 5.73 Å². The molecule has 1 unspecified atom stereocenters. The quantitative estimate of drug-likeness (QED) is 0.578. The summed E-state index contributed by atoms with van der Waals surface area (Å²) in [5, 5.41) is 8.78. The minimum absolute atomic E-state index is 0.148. The van der Waals surface area contributed by atoms with Crippen LogP contribution in [0.5, 0.6) is 0 Å². The average Bonchev–Trinajstić information content (AvgIpc) is 1.86. The maximum atomic E-state index is 8.78. The second-order valence-corrected chi connectivity index (χ2v) is 2.61. The molecule has 1 atom stereocenters. The summed E-state index contributed by atoms with van der Waals surface area (Å²) in [5.41, 5.74) is 6.60. The largest absolute Gasteiger partial charge is 0.392 e. The van der Waals surface area contributed by atoms with Crippen LogP contribution >= 0.6 is 0 Å². The van der Waals surface area contributed by atoms with E-state index in [1.807, 2.05) is 13.0 Å². The van der Waals surface area contributed by atoms with Gasteiger partial charge in [-0.3, -0.25) is 0 Å². The van der Waals surface area contributed by atoms with E-state index in [9.17, 15) is 0 Å². The summed E-state index contributed by atoms with van der Waals surface area (Å²) in [4.78, 5) is 0. The van der Waals surface area contributed by atoms with E-state index in [0.29, 0.717) is 0 Å². The fourth-order valence-electron chi connectivity index (χ4n) is 0.915. The van der Waals surface area contributed by atoms with Crippen molar-refractivity contribution >= 4 is 0 Å². The van der Waals surface area contributed by atoms with E-state index in [4.69, 9.17) is 10.8 Å². The molecule has 0 rings (SSSR count). The topological polar surface area (TPSA) is 46.2 Å².